The summed E-state index contributed by atoms with van der Waals surface area (Å²) in [6.45, 7) is -0.323. The van der Waals surface area contributed by atoms with Gasteiger partial charge in [-0.2, -0.15) is 96.6 Å². The van der Waals surface area contributed by atoms with Gasteiger partial charge >= 0.3 is 71.6 Å². The Balaban J connectivity index is 6.87. The number of hydrogen-bond acceptors (Lipinski definition) is 4. The summed E-state index contributed by atoms with van der Waals surface area (Å²) in [5, 5.41) is 9.14. The van der Waals surface area contributed by atoms with Crippen molar-refractivity contribution in [2.45, 2.75) is 78.6 Å². The highest BCUT2D eigenvalue weighted by molar-refractivity contribution is 5.86. The number of carbonyl (C=O) groups is 1. The van der Waals surface area contributed by atoms with Crippen LogP contribution >= 0.6 is 0 Å². The predicted molar refractivity (Wildman–Crippen MR) is 93.3 cm³/mol. The van der Waals surface area contributed by atoms with Gasteiger partial charge in [-0.15, -0.1) is 0 Å². The molecule has 1 atom stereocenters. The quantitative estimate of drug-likeness (QED) is 0.116. The highest BCUT2D eigenvalue weighted by Crippen LogP contribution is 2.67. The van der Waals surface area contributed by atoms with Crippen LogP contribution in [-0.2, 0) is 14.3 Å². The lowest BCUT2D eigenvalue weighted by atomic mass is 9.83. The molecule has 0 aliphatic carbocycles. The fraction of sp³-hybridized carbons (Fsp3) is 0.833. The van der Waals surface area contributed by atoms with E-state index in [4.69, 9.17) is 5.11 Å². The van der Waals surface area contributed by atoms with Gasteiger partial charge < -0.3 is 14.6 Å². The minimum absolute atomic E-state index is 0.503. The first kappa shape index (κ1) is 42.5. The molecule has 0 fully saturated rings. The number of aliphatic hydroxyl groups is 1. The zero-order valence-electron chi connectivity index (χ0n) is 20.6. The summed E-state index contributed by atoms with van der Waals surface area (Å²) in [5.41, 5.74) is -9.59. The smallest absolute Gasteiger partial charge is 0.438 e. The highest BCUT2D eigenvalue weighted by Gasteiger charge is 3.00. The average molecular weight is 728 g/mol. The molecule has 0 aromatic carbocycles. The molecule has 1 unspecified atom stereocenters. The molecule has 0 saturated heterocycles. The van der Waals surface area contributed by atoms with Crippen molar-refractivity contribution >= 4 is 5.97 Å². The van der Waals surface area contributed by atoms with E-state index in [0.29, 0.717) is 0 Å². The Morgan fingerprint density at radius 3 is 1.13 bits per heavy atom. The van der Waals surface area contributed by atoms with Gasteiger partial charge in [0.1, 0.15) is 12.7 Å². The van der Waals surface area contributed by atoms with Gasteiger partial charge in [0.2, 0.25) is 0 Å². The predicted octanol–water partition coefficient (Wildman–Crippen LogP) is 7.36. The maximum atomic E-state index is 13.8. The van der Waals surface area contributed by atoms with E-state index < -0.39 is 96.4 Å². The second kappa shape index (κ2) is 11.6. The third-order valence-corrected chi connectivity index (χ3v) is 5.16. The summed E-state index contributed by atoms with van der Waals surface area (Å²) in [5.74, 6) is -66.2. The first-order valence-electron chi connectivity index (χ1n) is 10.2. The van der Waals surface area contributed by atoms with Crippen LogP contribution < -0.4 is 0 Å². The van der Waals surface area contributed by atoms with Crippen LogP contribution in [0.15, 0.2) is 12.2 Å². The first-order valence-corrected chi connectivity index (χ1v) is 10.2. The van der Waals surface area contributed by atoms with Crippen LogP contribution in [0, 0.1) is 0 Å². The number of alkyl halides is 23. The van der Waals surface area contributed by atoms with E-state index in [9.17, 15) is 106 Å². The van der Waals surface area contributed by atoms with Gasteiger partial charge in [0.05, 0.1) is 6.61 Å². The van der Waals surface area contributed by atoms with Crippen molar-refractivity contribution in [1.29, 1.82) is 0 Å². The van der Waals surface area contributed by atoms with E-state index in [-0.39, 0.29) is 0 Å². The van der Waals surface area contributed by atoms with Crippen LogP contribution in [0.1, 0.15) is 6.92 Å². The number of halogens is 23. The summed E-state index contributed by atoms with van der Waals surface area (Å²) >= 11 is 0. The summed E-state index contributed by atoms with van der Waals surface area (Å²) in [6.07, 6.45) is -27.4. The molecule has 0 aromatic heterocycles. The van der Waals surface area contributed by atoms with Gasteiger partial charge in [0.25, 0.3) is 0 Å². The van der Waals surface area contributed by atoms with Gasteiger partial charge in [-0.1, -0.05) is 6.58 Å². The molecule has 0 aromatic rings. The van der Waals surface area contributed by atoms with E-state index in [1.807, 2.05) is 0 Å². The van der Waals surface area contributed by atoms with Gasteiger partial charge in [0, 0.05) is 5.57 Å². The highest BCUT2D eigenvalue weighted by atomic mass is 19.4. The largest absolute Gasteiger partial charge is 0.460 e. The molecular weight excluding hydrogens is 717 g/mol. The monoisotopic (exact) mass is 728 g/mol. The van der Waals surface area contributed by atoms with Crippen LogP contribution in [0.25, 0.3) is 0 Å². The van der Waals surface area contributed by atoms with Crippen molar-refractivity contribution in [2.24, 2.45) is 0 Å². The van der Waals surface area contributed by atoms with Crippen molar-refractivity contribution in [3.05, 3.63) is 12.2 Å². The molecule has 45 heavy (non-hydrogen) atoms. The third-order valence-electron chi connectivity index (χ3n) is 5.16. The van der Waals surface area contributed by atoms with Crippen molar-refractivity contribution in [2.75, 3.05) is 13.2 Å². The maximum absolute atomic E-state index is 13.8. The Morgan fingerprint density at radius 1 is 0.556 bits per heavy atom. The normalized spacial score (nSPS) is 16.5. The van der Waals surface area contributed by atoms with Crippen molar-refractivity contribution in [1.82, 2.24) is 0 Å². The summed E-state index contributed by atoms with van der Waals surface area (Å²) in [7, 11) is 0. The van der Waals surface area contributed by atoms with E-state index in [1.54, 1.807) is 0 Å². The molecule has 0 amide bonds. The lowest BCUT2D eigenvalue weighted by Crippen LogP contribution is -2.79. The molecule has 0 rings (SSSR count). The second-order valence-corrected chi connectivity index (χ2v) is 8.54. The molecule has 0 aliphatic heterocycles. The van der Waals surface area contributed by atoms with Crippen LogP contribution in [0.3, 0.4) is 0 Å². The number of aliphatic hydroxyl groups excluding tert-OH is 1. The number of rotatable bonds is 14. The van der Waals surface area contributed by atoms with Crippen LogP contribution in [0.5, 0.6) is 0 Å². The van der Waals surface area contributed by atoms with Gasteiger partial charge in [-0.05, 0) is 6.92 Å². The summed E-state index contributed by atoms with van der Waals surface area (Å²) < 4.78 is 314. The maximum Gasteiger partial charge on any atom is 0.438 e. The number of carbonyl (C=O) groups excluding carboxylic acids is 1. The minimum Gasteiger partial charge on any atom is -0.460 e. The zero-order chi connectivity index (χ0) is 37.1. The fourth-order valence-electron chi connectivity index (χ4n) is 2.54. The van der Waals surface area contributed by atoms with E-state index in [1.165, 1.54) is 0 Å². The van der Waals surface area contributed by atoms with Gasteiger partial charge in [0.15, 0.2) is 0 Å². The van der Waals surface area contributed by atoms with Crippen molar-refractivity contribution in [3.63, 3.8) is 0 Å². The molecular formula is C18H11F23O4. The topological polar surface area (TPSA) is 55.8 Å². The Labute approximate surface area is 231 Å². The van der Waals surface area contributed by atoms with Crippen LogP contribution in [0.2, 0.25) is 0 Å². The molecule has 0 aliphatic rings. The lowest BCUT2D eigenvalue weighted by Gasteiger charge is -2.45. The molecule has 0 heterocycles. The molecule has 268 valence electrons. The number of hydrogen-bond donors (Lipinski definition) is 1. The van der Waals surface area contributed by atoms with E-state index >= 15 is 0 Å². The Hall–Kier alpha value is -2.48. The Bertz CT molecular complexity index is 1070. The van der Waals surface area contributed by atoms with Crippen molar-refractivity contribution < 1.29 is 120 Å². The molecule has 27 heteroatoms. The SMILES string of the molecule is C=C(C)C(=O)OCC(O)COC(F)(F)C(F)(F)C(F)(F)C(F)(F)C(F)(F)C(F)(F)C(F)(F)C(F)(F)C(F)(C(F)(F)F)C(F)(F)F. The Kier molecular flexibility index (Phi) is 11.0. The van der Waals surface area contributed by atoms with Crippen LogP contribution in [-0.4, -0.2) is 96.0 Å². The summed E-state index contributed by atoms with van der Waals surface area (Å²) in [6, 6.07) is 0. The molecule has 0 saturated carbocycles. The fourth-order valence-corrected chi connectivity index (χ4v) is 2.54. The molecule has 1 N–H and O–H groups in total. The number of esters is 1. The Morgan fingerprint density at radius 2 is 0.844 bits per heavy atom. The van der Waals surface area contributed by atoms with E-state index in [0.717, 1.165) is 6.92 Å². The molecule has 0 bridgehead atoms. The zero-order valence-corrected chi connectivity index (χ0v) is 20.6. The average Bonchev–Trinajstić information content (AvgIpc) is 2.82. The van der Waals surface area contributed by atoms with Gasteiger partial charge in [-0.25, -0.2) is 9.18 Å². The van der Waals surface area contributed by atoms with Gasteiger partial charge in [-0.3, -0.25) is 0 Å². The minimum atomic E-state index is -9.57. The van der Waals surface area contributed by atoms with E-state index in [2.05, 4.69) is 16.1 Å². The third kappa shape index (κ3) is 6.17. The molecule has 0 spiro atoms. The first-order chi connectivity index (χ1) is 19.2. The molecule has 4 nitrogen and oxygen atoms in total. The lowest BCUT2D eigenvalue weighted by molar-refractivity contribution is -0.489. The van der Waals surface area contributed by atoms with Crippen molar-refractivity contribution in [3.8, 4) is 0 Å². The summed E-state index contributed by atoms with van der Waals surface area (Å²) in [4.78, 5) is 11.0. The number of ether oxygens (including phenoxy) is 2. The molecule has 0 radical (unpaired) electrons. The standard InChI is InChI=1S/C18H11F23O4/c1-5(2)7(43)44-3-6(42)4-45-18(40,41)15(32,33)14(30,31)13(28,29)12(26,27)11(24,25)10(22,23)9(20,21)8(19,16(34,35)36)17(37,38)39/h6,42H,1,3-4H2,2H3. The van der Waals surface area contributed by atoms with Crippen LogP contribution in [0.4, 0.5) is 101 Å². The second-order valence-electron chi connectivity index (χ2n) is 8.54.